The molecule has 3 aromatic rings. The average molecular weight is 516 g/mol. The molecule has 1 aliphatic rings. The van der Waals surface area contributed by atoms with E-state index >= 15 is 0 Å². The number of carbonyl (C=O) groups excluding carboxylic acids is 1. The summed E-state index contributed by atoms with van der Waals surface area (Å²) in [6.45, 7) is 3.70. The fourth-order valence-corrected chi connectivity index (χ4v) is 8.08. The third-order valence-electron chi connectivity index (χ3n) is 4.74. The number of benzene rings is 2. The van der Waals surface area contributed by atoms with Gasteiger partial charge in [0.05, 0.1) is 0 Å². The van der Waals surface area contributed by atoms with Crippen LogP contribution in [0.3, 0.4) is 0 Å². The number of nitrogens with zero attached hydrogens (tertiary/aromatic N) is 2. The maximum absolute atomic E-state index is 11.0. The quantitative estimate of drug-likeness (QED) is 0.353. The van der Waals surface area contributed by atoms with Gasteiger partial charge in [-0.15, -0.1) is 0 Å². The van der Waals surface area contributed by atoms with Crippen molar-refractivity contribution in [1.82, 2.24) is 0 Å². The van der Waals surface area contributed by atoms with E-state index in [1.165, 1.54) is 23.4 Å². The molecule has 0 aliphatic carbocycles. The van der Waals surface area contributed by atoms with E-state index in [9.17, 15) is 9.90 Å². The van der Waals surface area contributed by atoms with Gasteiger partial charge in [0.15, 0.2) is 0 Å². The predicted octanol–water partition coefficient (Wildman–Crippen LogP) is 1.44. The van der Waals surface area contributed by atoms with E-state index in [1.807, 2.05) is 12.1 Å². The Balaban J connectivity index is 1.62. The van der Waals surface area contributed by atoms with E-state index < -0.39 is 5.97 Å². The fourth-order valence-electron chi connectivity index (χ4n) is 3.45. The number of carboxylic acid groups (broad SMARTS) is 1. The number of hydrogen-bond acceptors (Lipinski definition) is 3. The summed E-state index contributed by atoms with van der Waals surface area (Å²) in [4.78, 5) is 13.1. The molecule has 1 aliphatic heterocycles. The van der Waals surface area contributed by atoms with Crippen LogP contribution in [0.4, 0.5) is 5.69 Å². The van der Waals surface area contributed by atoms with Crippen LogP contribution in [0.15, 0.2) is 65.3 Å². The maximum atomic E-state index is 11.0. The van der Waals surface area contributed by atoms with E-state index in [-0.39, 0.29) is 21.4 Å². The summed E-state index contributed by atoms with van der Waals surface area (Å²) in [7, 11) is 0. The molecule has 4 nitrogen and oxygen atoms in total. The number of allylic oxidation sites excluding steroid dienone is 2. The van der Waals surface area contributed by atoms with Crippen LogP contribution in [-0.2, 0) is 11.3 Å². The molecule has 2 aromatic carbocycles. The summed E-state index contributed by atoms with van der Waals surface area (Å²) in [5, 5.41) is 11.0. The number of aliphatic carboxylic acids is 1. The van der Waals surface area contributed by atoms with Gasteiger partial charge in [-0.05, 0) is 0 Å². The summed E-state index contributed by atoms with van der Waals surface area (Å²) in [6, 6.07) is 16.9. The second-order valence-corrected chi connectivity index (χ2v) is 11.2. The van der Waals surface area contributed by atoms with Crippen LogP contribution >= 0.6 is 0 Å². The monoisotopic (exact) mass is 518 g/mol. The molecule has 0 amide bonds. The normalized spacial score (nSPS) is 14.9. The molecule has 0 unspecified atom stereocenters. The van der Waals surface area contributed by atoms with Crippen molar-refractivity contribution in [2.24, 2.45) is 0 Å². The van der Waals surface area contributed by atoms with Crippen LogP contribution in [0.5, 0.6) is 0 Å². The number of carbonyl (C=O) groups is 1. The second-order valence-electron chi connectivity index (χ2n) is 6.77. The van der Waals surface area contributed by atoms with Gasteiger partial charge in [0.1, 0.15) is 0 Å². The number of aromatic nitrogens is 1. The molecule has 0 saturated heterocycles. The van der Waals surface area contributed by atoms with Crippen molar-refractivity contribution in [3.8, 4) is 0 Å². The van der Waals surface area contributed by atoms with E-state index in [4.69, 9.17) is 0 Å². The molecule has 0 spiro atoms. The topological polar surface area (TPSA) is 47.2 Å². The van der Waals surface area contributed by atoms with Gasteiger partial charge < -0.3 is 0 Å². The molecule has 2 heterocycles. The van der Waals surface area contributed by atoms with Crippen LogP contribution < -0.4 is 19.0 Å². The number of rotatable bonds is 7. The fraction of sp³-hybridized carbons (Fsp3) is 0.217. The molecule has 0 saturated carbocycles. The van der Waals surface area contributed by atoms with E-state index in [0.29, 0.717) is 21.0 Å². The van der Waals surface area contributed by atoms with Crippen molar-refractivity contribution in [2.45, 2.75) is 26.3 Å². The molecule has 0 bridgehead atoms. The number of aryl methyl sites for hydroxylation is 1. The van der Waals surface area contributed by atoms with Crippen molar-refractivity contribution in [3.05, 3.63) is 69.8 Å². The number of hydrogen-bond donors (Lipinski definition) is 0. The van der Waals surface area contributed by atoms with Crippen molar-refractivity contribution in [3.63, 3.8) is 0 Å². The zero-order valence-corrected chi connectivity index (χ0v) is 19.6. The predicted molar refractivity (Wildman–Crippen MR) is 117 cm³/mol. The minimum absolute atomic E-state index is 0.0333. The Hall–Kier alpha value is -2.10. The Morgan fingerprint density at radius 1 is 1.17 bits per heavy atom. The SMILES string of the molecule is CCC[n+]1c(/C=C/C=C2\[Se]c3ccccc3N2CCC(=O)[O-])[se]c2ccccc21. The third kappa shape index (κ3) is 4.41. The number of para-hydroxylation sites is 2. The van der Waals surface area contributed by atoms with Crippen molar-refractivity contribution < 1.29 is 14.5 Å². The van der Waals surface area contributed by atoms with Gasteiger partial charge in [-0.1, -0.05) is 0 Å². The van der Waals surface area contributed by atoms with Gasteiger partial charge in [0.2, 0.25) is 0 Å². The van der Waals surface area contributed by atoms with Gasteiger partial charge in [-0.2, -0.15) is 0 Å². The van der Waals surface area contributed by atoms with Crippen LogP contribution in [-0.4, -0.2) is 42.0 Å². The zero-order valence-electron chi connectivity index (χ0n) is 16.2. The summed E-state index contributed by atoms with van der Waals surface area (Å²) in [6.07, 6.45) is 7.68. The Morgan fingerprint density at radius 2 is 1.97 bits per heavy atom. The van der Waals surface area contributed by atoms with E-state index in [1.54, 1.807) is 0 Å². The van der Waals surface area contributed by atoms with Crippen molar-refractivity contribution in [2.75, 3.05) is 11.4 Å². The van der Waals surface area contributed by atoms with Crippen LogP contribution in [0.25, 0.3) is 15.9 Å². The van der Waals surface area contributed by atoms with Crippen LogP contribution in [0, 0.1) is 0 Å². The molecule has 4 rings (SSSR count). The Labute approximate surface area is 183 Å². The molecule has 1 aromatic heterocycles. The number of anilines is 1. The third-order valence-corrected chi connectivity index (χ3v) is 9.48. The van der Waals surface area contributed by atoms with E-state index in [0.717, 1.165) is 18.7 Å². The molecule has 6 heteroatoms. The Bertz CT molecular complexity index is 1100. The molecular formula is C23H22N2O2Se2. The van der Waals surface area contributed by atoms with Gasteiger partial charge in [0, 0.05) is 0 Å². The summed E-state index contributed by atoms with van der Waals surface area (Å²) < 4.78 is 7.75. The standard InChI is InChI=1S/C23H22N2O2Se2/c1-2-15-24-17-8-3-5-10-19(17)28-21(24)12-7-13-22-25(16-14-23(26)27)18-9-4-6-11-20(18)29-22/h3-13H,2,14-16H2,1H3. The first-order valence-corrected chi connectivity index (χ1v) is 13.1. The molecule has 0 N–H and O–H groups in total. The first kappa shape index (κ1) is 20.2. The van der Waals surface area contributed by atoms with Crippen molar-refractivity contribution in [1.29, 1.82) is 0 Å². The molecule has 0 radical (unpaired) electrons. The summed E-state index contributed by atoms with van der Waals surface area (Å²) in [5.74, 6) is -1.01. The van der Waals surface area contributed by atoms with Gasteiger partial charge >= 0.3 is 184 Å². The minimum atomic E-state index is -1.01. The zero-order chi connectivity index (χ0) is 20.2. The molecular weight excluding hydrogens is 494 g/mol. The van der Waals surface area contributed by atoms with E-state index in [2.05, 4.69) is 71.0 Å². The Morgan fingerprint density at radius 3 is 2.79 bits per heavy atom. The molecule has 0 atom stereocenters. The molecule has 29 heavy (non-hydrogen) atoms. The van der Waals surface area contributed by atoms with Crippen molar-refractivity contribution >= 4 is 61.4 Å². The van der Waals surface area contributed by atoms with Gasteiger partial charge in [-0.3, -0.25) is 0 Å². The number of fused-ring (bicyclic) bond motifs is 2. The molecule has 0 fully saturated rings. The summed E-state index contributed by atoms with van der Waals surface area (Å²) >= 11 is 0.504. The molecule has 148 valence electrons. The van der Waals surface area contributed by atoms with Gasteiger partial charge in [0.25, 0.3) is 0 Å². The first-order chi connectivity index (χ1) is 14.2. The van der Waals surface area contributed by atoms with Crippen LogP contribution in [0.1, 0.15) is 24.3 Å². The Kier molecular flexibility index (Phi) is 6.37. The second kappa shape index (κ2) is 9.15. The van der Waals surface area contributed by atoms with Gasteiger partial charge in [-0.25, -0.2) is 0 Å². The van der Waals surface area contributed by atoms with Crippen LogP contribution in [0.2, 0.25) is 0 Å². The summed E-state index contributed by atoms with van der Waals surface area (Å²) in [5.41, 5.74) is 2.47. The first-order valence-electron chi connectivity index (χ1n) is 9.71. The number of carboxylic acids is 1. The average Bonchev–Trinajstić information content (AvgIpc) is 3.25.